The maximum atomic E-state index is 12.2. The zero-order chi connectivity index (χ0) is 16.9. The number of pyridine rings is 1. The molecule has 3 rings (SSSR count). The van der Waals surface area contributed by atoms with Crippen LogP contribution in [-0.4, -0.2) is 34.9 Å². The molecule has 0 radical (unpaired) electrons. The van der Waals surface area contributed by atoms with E-state index in [0.29, 0.717) is 5.56 Å². The van der Waals surface area contributed by atoms with E-state index in [1.807, 2.05) is 0 Å². The van der Waals surface area contributed by atoms with Crippen LogP contribution in [0.25, 0.3) is 0 Å². The fourth-order valence-corrected chi connectivity index (χ4v) is 3.22. The van der Waals surface area contributed by atoms with E-state index in [2.05, 4.69) is 47.2 Å². The monoisotopic (exact) mass is 323 g/mol. The number of piperidine rings is 1. The molecule has 1 N–H and O–H groups in total. The van der Waals surface area contributed by atoms with Crippen molar-refractivity contribution in [1.82, 2.24) is 15.2 Å². The number of nitrogens with one attached hydrogen (secondary N) is 1. The van der Waals surface area contributed by atoms with E-state index >= 15 is 0 Å². The summed E-state index contributed by atoms with van der Waals surface area (Å²) in [5.74, 6) is 0.00498. The quantitative estimate of drug-likeness (QED) is 0.940. The predicted molar refractivity (Wildman–Crippen MR) is 95.9 cm³/mol. The standard InChI is InChI=1S/C20H25N3O/c1-15-3-4-16(2)18(13-15)14-23-11-7-19(8-12-23)22-20(24)17-5-9-21-10-6-17/h3-6,9-10,13,19H,7-8,11-12,14H2,1-2H3,(H,22,24). The molecule has 1 fully saturated rings. The maximum absolute atomic E-state index is 12.2. The van der Waals surface area contributed by atoms with Crippen molar-refractivity contribution < 1.29 is 4.79 Å². The molecule has 1 amide bonds. The van der Waals surface area contributed by atoms with Crippen LogP contribution < -0.4 is 5.32 Å². The molecule has 1 aromatic carbocycles. The van der Waals surface area contributed by atoms with Crippen molar-refractivity contribution >= 4 is 5.91 Å². The fourth-order valence-electron chi connectivity index (χ4n) is 3.22. The first kappa shape index (κ1) is 16.7. The van der Waals surface area contributed by atoms with Gasteiger partial charge >= 0.3 is 0 Å². The molecule has 0 bridgehead atoms. The van der Waals surface area contributed by atoms with Crippen LogP contribution in [0.15, 0.2) is 42.7 Å². The van der Waals surface area contributed by atoms with Crippen molar-refractivity contribution in [3.63, 3.8) is 0 Å². The number of carbonyl (C=O) groups excluding carboxylic acids is 1. The third-order valence-corrected chi connectivity index (χ3v) is 4.76. The molecular formula is C20H25N3O. The molecule has 24 heavy (non-hydrogen) atoms. The van der Waals surface area contributed by atoms with Crippen molar-refractivity contribution in [2.75, 3.05) is 13.1 Å². The molecular weight excluding hydrogens is 298 g/mol. The first-order valence-corrected chi connectivity index (χ1v) is 8.61. The first-order chi connectivity index (χ1) is 11.6. The smallest absolute Gasteiger partial charge is 0.251 e. The van der Waals surface area contributed by atoms with Crippen LogP contribution in [0.3, 0.4) is 0 Å². The number of benzene rings is 1. The van der Waals surface area contributed by atoms with Crippen molar-refractivity contribution in [1.29, 1.82) is 0 Å². The topological polar surface area (TPSA) is 45.2 Å². The average molecular weight is 323 g/mol. The van der Waals surface area contributed by atoms with E-state index in [-0.39, 0.29) is 11.9 Å². The third-order valence-electron chi connectivity index (χ3n) is 4.76. The van der Waals surface area contributed by atoms with E-state index in [4.69, 9.17) is 0 Å². The van der Waals surface area contributed by atoms with Gasteiger partial charge in [0.1, 0.15) is 0 Å². The SMILES string of the molecule is Cc1ccc(C)c(CN2CCC(NC(=O)c3ccncc3)CC2)c1. The van der Waals surface area contributed by atoms with Gasteiger partial charge in [-0.25, -0.2) is 0 Å². The number of likely N-dealkylation sites (tertiary alicyclic amines) is 1. The van der Waals surface area contributed by atoms with Gasteiger partial charge in [0.05, 0.1) is 0 Å². The first-order valence-electron chi connectivity index (χ1n) is 8.61. The summed E-state index contributed by atoms with van der Waals surface area (Å²) in [5.41, 5.74) is 4.76. The predicted octanol–water partition coefficient (Wildman–Crippen LogP) is 3.09. The highest BCUT2D eigenvalue weighted by atomic mass is 16.1. The van der Waals surface area contributed by atoms with Gasteiger partial charge in [-0.15, -0.1) is 0 Å². The summed E-state index contributed by atoms with van der Waals surface area (Å²) < 4.78 is 0. The lowest BCUT2D eigenvalue weighted by atomic mass is 10.0. The van der Waals surface area contributed by atoms with Crippen LogP contribution in [0.5, 0.6) is 0 Å². The van der Waals surface area contributed by atoms with E-state index in [9.17, 15) is 4.79 Å². The summed E-state index contributed by atoms with van der Waals surface area (Å²) in [6, 6.07) is 10.4. The lowest BCUT2D eigenvalue weighted by molar-refractivity contribution is 0.0909. The van der Waals surface area contributed by atoms with Crippen molar-refractivity contribution in [3.05, 3.63) is 65.0 Å². The van der Waals surface area contributed by atoms with Gasteiger partial charge in [-0.05, 0) is 49.9 Å². The average Bonchev–Trinajstić information content (AvgIpc) is 2.60. The van der Waals surface area contributed by atoms with Gasteiger partial charge in [0.15, 0.2) is 0 Å². The van der Waals surface area contributed by atoms with Gasteiger partial charge < -0.3 is 5.32 Å². The molecule has 1 saturated heterocycles. The van der Waals surface area contributed by atoms with Crippen molar-refractivity contribution in [2.24, 2.45) is 0 Å². The Bertz CT molecular complexity index is 691. The molecule has 1 aromatic heterocycles. The second-order valence-electron chi connectivity index (χ2n) is 6.69. The molecule has 0 aliphatic carbocycles. The Balaban J connectivity index is 1.51. The minimum absolute atomic E-state index is 0.00498. The second kappa shape index (κ2) is 7.58. The molecule has 126 valence electrons. The van der Waals surface area contributed by atoms with Gasteiger partial charge in [0, 0.05) is 43.6 Å². The normalized spacial score (nSPS) is 16.1. The minimum atomic E-state index is 0.00498. The molecule has 2 aromatic rings. The number of nitrogens with zero attached hydrogens (tertiary/aromatic N) is 2. The minimum Gasteiger partial charge on any atom is -0.349 e. The zero-order valence-electron chi connectivity index (χ0n) is 14.5. The van der Waals surface area contributed by atoms with Gasteiger partial charge in [0.2, 0.25) is 0 Å². The Morgan fingerprint density at radius 2 is 1.88 bits per heavy atom. The summed E-state index contributed by atoms with van der Waals surface area (Å²) >= 11 is 0. The van der Waals surface area contributed by atoms with E-state index in [0.717, 1.165) is 32.5 Å². The number of hydrogen-bond donors (Lipinski definition) is 1. The Labute approximate surface area is 143 Å². The summed E-state index contributed by atoms with van der Waals surface area (Å²) in [6.07, 6.45) is 5.31. The van der Waals surface area contributed by atoms with Crippen molar-refractivity contribution in [2.45, 2.75) is 39.3 Å². The Hall–Kier alpha value is -2.20. The Kier molecular flexibility index (Phi) is 5.26. The van der Waals surface area contributed by atoms with Gasteiger partial charge in [-0.3, -0.25) is 14.7 Å². The lowest BCUT2D eigenvalue weighted by Gasteiger charge is -2.32. The molecule has 0 saturated carbocycles. The summed E-state index contributed by atoms with van der Waals surface area (Å²) in [5, 5.41) is 3.15. The number of aromatic nitrogens is 1. The maximum Gasteiger partial charge on any atom is 0.251 e. The van der Waals surface area contributed by atoms with Crippen LogP contribution in [0.1, 0.15) is 39.9 Å². The number of rotatable bonds is 4. The van der Waals surface area contributed by atoms with E-state index < -0.39 is 0 Å². The van der Waals surface area contributed by atoms with Crippen molar-refractivity contribution in [3.8, 4) is 0 Å². The third kappa shape index (κ3) is 4.20. The second-order valence-corrected chi connectivity index (χ2v) is 6.69. The molecule has 4 nitrogen and oxygen atoms in total. The summed E-state index contributed by atoms with van der Waals surface area (Å²) in [6.45, 7) is 7.36. The van der Waals surface area contributed by atoms with Crippen LogP contribution in [0.2, 0.25) is 0 Å². The van der Waals surface area contributed by atoms with E-state index in [1.165, 1.54) is 16.7 Å². The zero-order valence-corrected chi connectivity index (χ0v) is 14.5. The van der Waals surface area contributed by atoms with Gasteiger partial charge in [0.25, 0.3) is 5.91 Å². The van der Waals surface area contributed by atoms with E-state index in [1.54, 1.807) is 24.5 Å². The Morgan fingerprint density at radius 3 is 2.58 bits per heavy atom. The molecule has 0 unspecified atom stereocenters. The largest absolute Gasteiger partial charge is 0.349 e. The highest BCUT2D eigenvalue weighted by Crippen LogP contribution is 2.17. The molecule has 2 heterocycles. The van der Waals surface area contributed by atoms with Crippen LogP contribution in [-0.2, 0) is 6.54 Å². The summed E-state index contributed by atoms with van der Waals surface area (Å²) in [4.78, 5) is 18.6. The number of aryl methyl sites for hydroxylation is 2. The lowest BCUT2D eigenvalue weighted by Crippen LogP contribution is -2.44. The fraction of sp³-hybridized carbons (Fsp3) is 0.400. The molecule has 1 aliphatic heterocycles. The Morgan fingerprint density at radius 1 is 1.17 bits per heavy atom. The van der Waals surface area contributed by atoms with Crippen LogP contribution in [0, 0.1) is 13.8 Å². The van der Waals surface area contributed by atoms with Crippen LogP contribution in [0.4, 0.5) is 0 Å². The highest BCUT2D eigenvalue weighted by Gasteiger charge is 2.21. The number of amides is 1. The molecule has 0 atom stereocenters. The molecule has 0 spiro atoms. The summed E-state index contributed by atoms with van der Waals surface area (Å²) in [7, 11) is 0. The number of hydrogen-bond acceptors (Lipinski definition) is 3. The number of carbonyl (C=O) groups is 1. The van der Waals surface area contributed by atoms with Gasteiger partial charge in [-0.2, -0.15) is 0 Å². The molecule has 4 heteroatoms. The highest BCUT2D eigenvalue weighted by molar-refractivity contribution is 5.94. The van der Waals surface area contributed by atoms with Crippen LogP contribution >= 0.6 is 0 Å². The molecule has 1 aliphatic rings. The van der Waals surface area contributed by atoms with Gasteiger partial charge in [-0.1, -0.05) is 23.8 Å².